The topological polar surface area (TPSA) is 69.4 Å². The quantitative estimate of drug-likeness (QED) is 0.739. The van der Waals surface area contributed by atoms with Gasteiger partial charge in [0, 0.05) is 0 Å². The second kappa shape index (κ2) is 4.25. The summed E-state index contributed by atoms with van der Waals surface area (Å²) in [4.78, 5) is 0. The average molecular weight is 221 g/mol. The highest BCUT2D eigenvalue weighted by molar-refractivity contribution is 7.89. The molecule has 0 bridgehead atoms. The molecule has 0 aliphatic rings. The molecule has 0 aliphatic heterocycles. The van der Waals surface area contributed by atoms with E-state index >= 15 is 0 Å². The minimum Gasteiger partial charge on any atom is -0.368 e. The molecule has 0 aromatic carbocycles. The van der Waals surface area contributed by atoms with Gasteiger partial charge in [0.1, 0.15) is 0 Å². The molecule has 0 rings (SSSR count). The van der Waals surface area contributed by atoms with Crippen molar-refractivity contribution in [1.82, 2.24) is 0 Å². The standard InChI is InChI=1S/C5H10F3NO3S/c1-4(5(6,7)8)12-2-3-13(9,10)11/h4H,2-3H2,1H3,(H2,9,10,11). The highest BCUT2D eigenvalue weighted by Gasteiger charge is 2.36. The second-order valence-corrected chi connectivity index (χ2v) is 4.16. The van der Waals surface area contributed by atoms with E-state index in [-0.39, 0.29) is 0 Å². The smallest absolute Gasteiger partial charge is 0.368 e. The lowest BCUT2D eigenvalue weighted by atomic mass is 10.4. The number of nitrogens with two attached hydrogens (primary N) is 1. The molecule has 0 aromatic heterocycles. The lowest BCUT2D eigenvalue weighted by Gasteiger charge is -2.15. The van der Waals surface area contributed by atoms with E-state index in [0.29, 0.717) is 0 Å². The fourth-order valence-electron chi connectivity index (χ4n) is 0.436. The van der Waals surface area contributed by atoms with Crippen LogP contribution in [0.1, 0.15) is 6.92 Å². The van der Waals surface area contributed by atoms with Crippen molar-refractivity contribution in [3.63, 3.8) is 0 Å². The Morgan fingerprint density at radius 2 is 1.92 bits per heavy atom. The van der Waals surface area contributed by atoms with Gasteiger partial charge in [0.2, 0.25) is 10.0 Å². The molecule has 1 unspecified atom stereocenters. The van der Waals surface area contributed by atoms with Crippen LogP contribution >= 0.6 is 0 Å². The van der Waals surface area contributed by atoms with Crippen molar-refractivity contribution in [3.8, 4) is 0 Å². The minimum atomic E-state index is -4.47. The molecule has 0 amide bonds. The molecule has 0 aliphatic carbocycles. The molecule has 80 valence electrons. The van der Waals surface area contributed by atoms with E-state index in [4.69, 9.17) is 0 Å². The van der Waals surface area contributed by atoms with Gasteiger partial charge in [0.05, 0.1) is 12.4 Å². The third kappa shape index (κ3) is 6.79. The van der Waals surface area contributed by atoms with E-state index in [1.807, 2.05) is 0 Å². The van der Waals surface area contributed by atoms with Crippen LogP contribution in [0.2, 0.25) is 0 Å². The van der Waals surface area contributed by atoms with Crippen molar-refractivity contribution < 1.29 is 26.3 Å². The third-order valence-corrected chi connectivity index (χ3v) is 1.93. The molecular weight excluding hydrogens is 211 g/mol. The molecule has 2 N–H and O–H groups in total. The zero-order valence-corrected chi connectivity index (χ0v) is 7.65. The SMILES string of the molecule is CC(OCCS(N)(=O)=O)C(F)(F)F. The van der Waals surface area contributed by atoms with Gasteiger partial charge in [-0.25, -0.2) is 13.6 Å². The fraction of sp³-hybridized carbons (Fsp3) is 1.00. The van der Waals surface area contributed by atoms with E-state index in [1.54, 1.807) is 0 Å². The van der Waals surface area contributed by atoms with Gasteiger partial charge in [0.15, 0.2) is 6.10 Å². The van der Waals surface area contributed by atoms with Crippen molar-refractivity contribution in [2.45, 2.75) is 19.2 Å². The molecule has 4 nitrogen and oxygen atoms in total. The van der Waals surface area contributed by atoms with E-state index in [9.17, 15) is 21.6 Å². The lowest BCUT2D eigenvalue weighted by molar-refractivity contribution is -0.212. The molecule has 0 saturated heterocycles. The number of hydrogen-bond acceptors (Lipinski definition) is 3. The summed E-state index contributed by atoms with van der Waals surface area (Å²) >= 11 is 0. The first-order valence-electron chi connectivity index (χ1n) is 3.32. The summed E-state index contributed by atoms with van der Waals surface area (Å²) in [5, 5.41) is 4.54. The van der Waals surface area contributed by atoms with Crippen molar-refractivity contribution in [2.24, 2.45) is 5.14 Å². The van der Waals surface area contributed by atoms with Gasteiger partial charge in [0.25, 0.3) is 0 Å². The molecule has 0 heterocycles. The summed E-state index contributed by atoms with van der Waals surface area (Å²) in [7, 11) is -3.76. The van der Waals surface area contributed by atoms with Crippen molar-refractivity contribution in [3.05, 3.63) is 0 Å². The van der Waals surface area contributed by atoms with Crippen LogP contribution in [0.15, 0.2) is 0 Å². The largest absolute Gasteiger partial charge is 0.414 e. The third-order valence-electron chi connectivity index (χ3n) is 1.20. The average Bonchev–Trinajstić information content (AvgIpc) is 1.82. The lowest BCUT2D eigenvalue weighted by Crippen LogP contribution is -2.31. The highest BCUT2D eigenvalue weighted by atomic mass is 32.2. The number of alkyl halides is 3. The number of hydrogen-bond donors (Lipinski definition) is 1. The van der Waals surface area contributed by atoms with Gasteiger partial charge < -0.3 is 4.74 Å². The number of rotatable bonds is 4. The summed E-state index contributed by atoms with van der Waals surface area (Å²) in [6.45, 7) is 0.239. The van der Waals surface area contributed by atoms with Crippen LogP contribution in [0, 0.1) is 0 Å². The Hall–Kier alpha value is -0.340. The van der Waals surface area contributed by atoms with Crippen molar-refractivity contribution >= 4 is 10.0 Å². The molecule has 0 radical (unpaired) electrons. The van der Waals surface area contributed by atoms with Crippen LogP contribution in [0.25, 0.3) is 0 Å². The zero-order valence-electron chi connectivity index (χ0n) is 6.84. The van der Waals surface area contributed by atoms with Crippen LogP contribution < -0.4 is 5.14 Å². The summed E-state index contributed by atoms with van der Waals surface area (Å²) in [6.07, 6.45) is -6.45. The summed E-state index contributed by atoms with van der Waals surface area (Å²) in [6, 6.07) is 0. The zero-order chi connectivity index (χ0) is 10.7. The molecular formula is C5H10F3NO3S. The van der Waals surface area contributed by atoms with E-state index in [0.717, 1.165) is 6.92 Å². The number of primary sulfonamides is 1. The molecule has 0 fully saturated rings. The second-order valence-electron chi connectivity index (χ2n) is 2.42. The van der Waals surface area contributed by atoms with E-state index < -0.39 is 34.7 Å². The first kappa shape index (κ1) is 12.7. The Balaban J connectivity index is 3.80. The van der Waals surface area contributed by atoms with Gasteiger partial charge >= 0.3 is 6.18 Å². The van der Waals surface area contributed by atoms with E-state index in [1.165, 1.54) is 0 Å². The van der Waals surface area contributed by atoms with Crippen LogP contribution in [0.4, 0.5) is 13.2 Å². The van der Waals surface area contributed by atoms with E-state index in [2.05, 4.69) is 9.88 Å². The van der Waals surface area contributed by atoms with Crippen LogP contribution in [0.5, 0.6) is 0 Å². The number of ether oxygens (including phenoxy) is 1. The predicted molar refractivity (Wildman–Crippen MR) is 39.4 cm³/mol. The maximum absolute atomic E-state index is 11.8. The fourth-order valence-corrected chi connectivity index (χ4v) is 0.764. The van der Waals surface area contributed by atoms with Crippen LogP contribution in [-0.4, -0.2) is 33.1 Å². The summed E-state index contributed by atoms with van der Waals surface area (Å²) in [5.41, 5.74) is 0. The summed E-state index contributed by atoms with van der Waals surface area (Å²) in [5.74, 6) is -0.618. The monoisotopic (exact) mass is 221 g/mol. The van der Waals surface area contributed by atoms with Gasteiger partial charge in [-0.1, -0.05) is 0 Å². The van der Waals surface area contributed by atoms with Crippen molar-refractivity contribution in [2.75, 3.05) is 12.4 Å². The molecule has 8 heteroatoms. The Morgan fingerprint density at radius 3 is 2.23 bits per heavy atom. The number of sulfonamides is 1. The number of halogens is 3. The van der Waals surface area contributed by atoms with Gasteiger partial charge in [-0.15, -0.1) is 0 Å². The minimum absolute atomic E-state index is 0.556. The molecule has 0 spiro atoms. The van der Waals surface area contributed by atoms with Gasteiger partial charge in [-0.05, 0) is 6.92 Å². The maximum atomic E-state index is 11.8. The van der Waals surface area contributed by atoms with Crippen molar-refractivity contribution in [1.29, 1.82) is 0 Å². The Kier molecular flexibility index (Phi) is 4.14. The normalized spacial score (nSPS) is 15.8. The maximum Gasteiger partial charge on any atom is 0.414 e. The first-order valence-corrected chi connectivity index (χ1v) is 5.03. The molecule has 1 atom stereocenters. The van der Waals surface area contributed by atoms with Gasteiger partial charge in [-0.3, -0.25) is 0 Å². The highest BCUT2D eigenvalue weighted by Crippen LogP contribution is 2.21. The van der Waals surface area contributed by atoms with Crippen LogP contribution in [-0.2, 0) is 14.8 Å². The first-order chi connectivity index (χ1) is 5.63. The predicted octanol–water partition coefficient (Wildman–Crippen LogP) is 0.242. The molecule has 13 heavy (non-hydrogen) atoms. The van der Waals surface area contributed by atoms with Crippen LogP contribution in [0.3, 0.4) is 0 Å². The van der Waals surface area contributed by atoms with Gasteiger partial charge in [-0.2, -0.15) is 13.2 Å². The summed E-state index contributed by atoms with van der Waals surface area (Å²) < 4.78 is 60.0. The Bertz CT molecular complexity index is 248. The Labute approximate surface area is 73.9 Å². The molecule has 0 aromatic rings. The molecule has 0 saturated carbocycles. The Morgan fingerprint density at radius 1 is 1.46 bits per heavy atom.